The Morgan fingerprint density at radius 2 is 1.31 bits per heavy atom. The maximum atomic E-state index is 5.14. The summed E-state index contributed by atoms with van der Waals surface area (Å²) in [6.07, 6.45) is 6.95. The van der Waals surface area contributed by atoms with Gasteiger partial charge < -0.3 is 0 Å². The molecule has 0 radical (unpaired) electrons. The number of pyridine rings is 3. The highest BCUT2D eigenvalue weighted by Crippen LogP contribution is 2.36. The van der Waals surface area contributed by atoms with Gasteiger partial charge in [0.1, 0.15) is 0 Å². The van der Waals surface area contributed by atoms with E-state index in [4.69, 9.17) is 15.0 Å². The molecular formula is C39H28N6. The Balaban J connectivity index is 1.32. The number of hydrogen-bond acceptors (Lipinski definition) is 4. The molecule has 0 saturated carbocycles. The quantitative estimate of drug-likeness (QED) is 0.112. The molecule has 0 aliphatic rings. The largest absolute Gasteiger partial charge is 0.265 e. The van der Waals surface area contributed by atoms with Crippen molar-refractivity contribution in [2.24, 2.45) is 15.0 Å². The number of aliphatic imine (C=N–C) groups is 3. The molecule has 4 aromatic carbocycles. The molecule has 0 atom stereocenters. The second-order valence-corrected chi connectivity index (χ2v) is 10.5. The van der Waals surface area contributed by atoms with E-state index < -0.39 is 0 Å². The second-order valence-electron chi connectivity index (χ2n) is 10.5. The number of rotatable bonds is 6. The SMILES string of the molecule is C=NC(=NC(=NCc1ccncc1)c1ccc(-c2cc(-c3ccccc3)c3c(ccc4ccccc43)n2)cc1)c1ccncc1. The standard InChI is InChI=1S/C39H28N6/c1-40-38(32-19-23-42-24-20-32)45-39(43-26-27-17-21-41-22-18-27)31-13-11-30(12-14-31)36-25-34(28-7-3-2-4-8-28)37-33-10-6-5-9-29(33)15-16-35(37)44-36/h2-25H,1,26H2. The van der Waals surface area contributed by atoms with Gasteiger partial charge in [0, 0.05) is 46.9 Å². The predicted octanol–water partition coefficient (Wildman–Crippen LogP) is 8.61. The van der Waals surface area contributed by atoms with Crippen molar-refractivity contribution < 1.29 is 0 Å². The number of fused-ring (bicyclic) bond motifs is 3. The molecule has 7 rings (SSSR count). The Labute approximate surface area is 261 Å². The number of nitrogens with zero attached hydrogens (tertiary/aromatic N) is 6. The van der Waals surface area contributed by atoms with Crippen LogP contribution in [0.25, 0.3) is 44.1 Å². The van der Waals surface area contributed by atoms with Gasteiger partial charge in [-0.3, -0.25) is 15.0 Å². The molecule has 6 heteroatoms. The lowest BCUT2D eigenvalue weighted by molar-refractivity contribution is 1.05. The molecule has 6 nitrogen and oxygen atoms in total. The summed E-state index contributed by atoms with van der Waals surface area (Å²) in [6.45, 7) is 4.21. The zero-order chi connectivity index (χ0) is 30.4. The molecule has 3 aromatic heterocycles. The molecule has 0 aliphatic carbocycles. The molecule has 3 heterocycles. The van der Waals surface area contributed by atoms with Crippen molar-refractivity contribution in [1.82, 2.24) is 15.0 Å². The van der Waals surface area contributed by atoms with Crippen molar-refractivity contribution in [2.45, 2.75) is 6.54 Å². The Hall–Kier alpha value is -6.14. The minimum atomic E-state index is 0.449. The number of hydrogen-bond donors (Lipinski definition) is 0. The molecule has 214 valence electrons. The Morgan fingerprint density at radius 3 is 2.07 bits per heavy atom. The van der Waals surface area contributed by atoms with E-state index in [9.17, 15) is 0 Å². The molecule has 0 aliphatic heterocycles. The lowest BCUT2D eigenvalue weighted by atomic mass is 9.94. The van der Waals surface area contributed by atoms with Crippen molar-refractivity contribution in [3.63, 3.8) is 0 Å². The van der Waals surface area contributed by atoms with Crippen LogP contribution in [0.15, 0.2) is 161 Å². The monoisotopic (exact) mass is 580 g/mol. The van der Waals surface area contributed by atoms with Crippen LogP contribution in [-0.2, 0) is 6.54 Å². The fraction of sp³-hybridized carbons (Fsp3) is 0.0256. The smallest absolute Gasteiger partial charge is 0.161 e. The van der Waals surface area contributed by atoms with Crippen molar-refractivity contribution >= 4 is 40.1 Å². The zero-order valence-corrected chi connectivity index (χ0v) is 24.5. The lowest BCUT2D eigenvalue weighted by Crippen LogP contribution is -2.05. The first-order chi connectivity index (χ1) is 22.3. The van der Waals surface area contributed by atoms with E-state index >= 15 is 0 Å². The van der Waals surface area contributed by atoms with Crippen molar-refractivity contribution in [3.05, 3.63) is 163 Å². The maximum Gasteiger partial charge on any atom is 0.161 e. The van der Waals surface area contributed by atoms with Crippen molar-refractivity contribution in [1.29, 1.82) is 0 Å². The van der Waals surface area contributed by atoms with Crippen LogP contribution in [0, 0.1) is 0 Å². The van der Waals surface area contributed by atoms with E-state index in [1.54, 1.807) is 24.8 Å². The summed E-state index contributed by atoms with van der Waals surface area (Å²) in [7, 11) is 0. The molecule has 0 spiro atoms. The highest BCUT2D eigenvalue weighted by molar-refractivity contribution is 6.14. The van der Waals surface area contributed by atoms with Crippen LogP contribution in [0.5, 0.6) is 0 Å². The molecular weight excluding hydrogens is 552 g/mol. The molecule has 0 bridgehead atoms. The lowest BCUT2D eigenvalue weighted by Gasteiger charge is -2.13. The van der Waals surface area contributed by atoms with Gasteiger partial charge in [-0.15, -0.1) is 0 Å². The van der Waals surface area contributed by atoms with Gasteiger partial charge in [-0.2, -0.15) is 0 Å². The molecule has 0 fully saturated rings. The summed E-state index contributed by atoms with van der Waals surface area (Å²) >= 11 is 0. The Morgan fingerprint density at radius 1 is 0.622 bits per heavy atom. The second kappa shape index (κ2) is 12.6. The summed E-state index contributed by atoms with van der Waals surface area (Å²) in [5, 5.41) is 3.54. The van der Waals surface area contributed by atoms with Crippen LogP contribution < -0.4 is 0 Å². The first-order valence-corrected chi connectivity index (χ1v) is 14.6. The van der Waals surface area contributed by atoms with E-state index in [1.165, 1.54) is 10.8 Å². The first kappa shape index (κ1) is 27.7. The molecule has 7 aromatic rings. The third-order valence-corrected chi connectivity index (χ3v) is 7.68. The number of aromatic nitrogens is 3. The van der Waals surface area contributed by atoms with Crippen LogP contribution in [0.3, 0.4) is 0 Å². The van der Waals surface area contributed by atoms with Gasteiger partial charge in [0.05, 0.1) is 17.8 Å². The highest BCUT2D eigenvalue weighted by Gasteiger charge is 2.14. The van der Waals surface area contributed by atoms with E-state index in [1.807, 2.05) is 42.5 Å². The van der Waals surface area contributed by atoms with E-state index in [2.05, 4.69) is 101 Å². The van der Waals surface area contributed by atoms with Gasteiger partial charge in [0.15, 0.2) is 11.7 Å². The first-order valence-electron chi connectivity index (χ1n) is 14.6. The minimum Gasteiger partial charge on any atom is -0.265 e. The fourth-order valence-electron chi connectivity index (χ4n) is 5.43. The summed E-state index contributed by atoms with van der Waals surface area (Å²) < 4.78 is 0. The van der Waals surface area contributed by atoms with Crippen LogP contribution in [0.1, 0.15) is 16.7 Å². The van der Waals surface area contributed by atoms with E-state index in [0.717, 1.165) is 50.0 Å². The number of benzene rings is 4. The third-order valence-electron chi connectivity index (χ3n) is 7.68. The average Bonchev–Trinajstić information content (AvgIpc) is 3.12. The Bertz CT molecular complexity index is 2170. The zero-order valence-electron chi connectivity index (χ0n) is 24.5. The summed E-state index contributed by atoms with van der Waals surface area (Å²) in [6, 6.07) is 41.3. The van der Waals surface area contributed by atoms with Gasteiger partial charge in [-0.05, 0) is 70.6 Å². The summed E-state index contributed by atoms with van der Waals surface area (Å²) in [5.41, 5.74) is 7.86. The minimum absolute atomic E-state index is 0.449. The van der Waals surface area contributed by atoms with Crippen LogP contribution >= 0.6 is 0 Å². The van der Waals surface area contributed by atoms with Crippen LogP contribution in [0.2, 0.25) is 0 Å². The van der Waals surface area contributed by atoms with Gasteiger partial charge in [0.2, 0.25) is 0 Å². The van der Waals surface area contributed by atoms with Crippen LogP contribution in [0.4, 0.5) is 0 Å². The van der Waals surface area contributed by atoms with Gasteiger partial charge in [-0.1, -0.05) is 84.9 Å². The normalized spacial score (nSPS) is 12.0. The van der Waals surface area contributed by atoms with Gasteiger partial charge in [0.25, 0.3) is 0 Å². The highest BCUT2D eigenvalue weighted by atomic mass is 15.0. The predicted molar refractivity (Wildman–Crippen MR) is 185 cm³/mol. The van der Waals surface area contributed by atoms with Crippen LogP contribution in [-0.4, -0.2) is 33.3 Å². The fourth-order valence-corrected chi connectivity index (χ4v) is 5.43. The summed E-state index contributed by atoms with van der Waals surface area (Å²) in [4.78, 5) is 27.3. The van der Waals surface area contributed by atoms with Gasteiger partial charge >= 0.3 is 0 Å². The molecule has 0 N–H and O–H groups in total. The van der Waals surface area contributed by atoms with E-state index in [-0.39, 0.29) is 0 Å². The summed E-state index contributed by atoms with van der Waals surface area (Å²) in [5.74, 6) is 1.03. The van der Waals surface area contributed by atoms with Gasteiger partial charge in [-0.25, -0.2) is 15.0 Å². The third kappa shape index (κ3) is 5.90. The Kier molecular flexibility index (Phi) is 7.76. The van der Waals surface area contributed by atoms with Crippen molar-refractivity contribution in [3.8, 4) is 22.4 Å². The molecule has 0 unspecified atom stereocenters. The number of amidine groups is 2. The topological polar surface area (TPSA) is 75.8 Å². The molecule has 0 amide bonds. The van der Waals surface area contributed by atoms with E-state index in [0.29, 0.717) is 18.2 Å². The maximum absolute atomic E-state index is 5.14. The van der Waals surface area contributed by atoms with Crippen molar-refractivity contribution in [2.75, 3.05) is 0 Å². The molecule has 0 saturated heterocycles. The molecule has 45 heavy (non-hydrogen) atoms. The average molecular weight is 581 g/mol.